The average molecular weight is 409 g/mol. The maximum Gasteiger partial charge on any atom is 0.270 e. The first-order valence-corrected chi connectivity index (χ1v) is 10.5. The summed E-state index contributed by atoms with van der Waals surface area (Å²) in [5, 5.41) is 16.5. The van der Waals surface area contributed by atoms with E-state index in [-0.39, 0.29) is 18.6 Å². The SMILES string of the molecule is Cc1nc(C(=O)NCc2ccncc2)cc(C2=NO[C@@H](C3CCC(CO)CC3)C2)n1. The Bertz CT molecular complexity index is 910. The van der Waals surface area contributed by atoms with Crippen molar-refractivity contribution in [3.05, 3.63) is 53.4 Å². The molecule has 2 aromatic heterocycles. The Morgan fingerprint density at radius 3 is 2.70 bits per heavy atom. The van der Waals surface area contributed by atoms with E-state index in [1.165, 1.54) is 0 Å². The number of carbonyl (C=O) groups is 1. The smallest absolute Gasteiger partial charge is 0.270 e. The highest BCUT2D eigenvalue weighted by Gasteiger charge is 2.34. The first-order chi connectivity index (χ1) is 14.6. The number of aliphatic hydroxyl groups excluding tert-OH is 1. The van der Waals surface area contributed by atoms with E-state index < -0.39 is 0 Å². The monoisotopic (exact) mass is 409 g/mol. The summed E-state index contributed by atoms with van der Waals surface area (Å²) >= 11 is 0. The van der Waals surface area contributed by atoms with Crippen LogP contribution < -0.4 is 5.32 Å². The van der Waals surface area contributed by atoms with Crippen LogP contribution in [0.25, 0.3) is 0 Å². The van der Waals surface area contributed by atoms with E-state index in [0.29, 0.717) is 42.0 Å². The summed E-state index contributed by atoms with van der Waals surface area (Å²) in [4.78, 5) is 31.1. The maximum absolute atomic E-state index is 12.6. The maximum atomic E-state index is 12.6. The lowest BCUT2D eigenvalue weighted by atomic mass is 9.78. The molecule has 1 atom stereocenters. The number of oxime groups is 1. The quantitative estimate of drug-likeness (QED) is 0.758. The van der Waals surface area contributed by atoms with Gasteiger partial charge in [0, 0.05) is 32.0 Å². The molecule has 2 N–H and O–H groups in total. The summed E-state index contributed by atoms with van der Waals surface area (Å²) in [7, 11) is 0. The molecule has 1 amide bonds. The summed E-state index contributed by atoms with van der Waals surface area (Å²) in [6.07, 6.45) is 8.27. The van der Waals surface area contributed by atoms with Gasteiger partial charge >= 0.3 is 0 Å². The van der Waals surface area contributed by atoms with Crippen molar-refractivity contribution in [2.24, 2.45) is 17.0 Å². The van der Waals surface area contributed by atoms with Crippen LogP contribution in [0.3, 0.4) is 0 Å². The van der Waals surface area contributed by atoms with Crippen LogP contribution in [0.2, 0.25) is 0 Å². The lowest BCUT2D eigenvalue weighted by molar-refractivity contribution is 0.0163. The fourth-order valence-corrected chi connectivity index (χ4v) is 4.15. The molecule has 8 heteroatoms. The molecule has 2 aromatic rings. The molecule has 0 unspecified atom stereocenters. The van der Waals surface area contributed by atoms with E-state index in [4.69, 9.17) is 4.84 Å². The van der Waals surface area contributed by atoms with Gasteiger partial charge in [-0.15, -0.1) is 0 Å². The molecule has 1 fully saturated rings. The molecular weight excluding hydrogens is 382 g/mol. The van der Waals surface area contributed by atoms with E-state index in [1.807, 2.05) is 12.1 Å². The van der Waals surface area contributed by atoms with Gasteiger partial charge in [-0.25, -0.2) is 9.97 Å². The van der Waals surface area contributed by atoms with Crippen LogP contribution in [0.1, 0.15) is 59.7 Å². The summed E-state index contributed by atoms with van der Waals surface area (Å²) in [5.41, 5.74) is 2.69. The summed E-state index contributed by atoms with van der Waals surface area (Å²) in [5.74, 6) is 1.13. The lowest BCUT2D eigenvalue weighted by Crippen LogP contribution is -2.27. The second-order valence-corrected chi connectivity index (χ2v) is 8.07. The molecule has 1 saturated carbocycles. The van der Waals surface area contributed by atoms with Gasteiger partial charge in [0.25, 0.3) is 5.91 Å². The van der Waals surface area contributed by atoms with Crippen molar-refractivity contribution in [2.75, 3.05) is 6.61 Å². The zero-order valence-electron chi connectivity index (χ0n) is 17.1. The first-order valence-electron chi connectivity index (χ1n) is 10.5. The van der Waals surface area contributed by atoms with Crippen LogP contribution in [-0.4, -0.2) is 44.4 Å². The number of pyridine rings is 1. The van der Waals surface area contributed by atoms with Gasteiger partial charge in [-0.3, -0.25) is 9.78 Å². The van der Waals surface area contributed by atoms with Crippen LogP contribution in [0.4, 0.5) is 0 Å². The Hall–Kier alpha value is -2.87. The van der Waals surface area contributed by atoms with E-state index in [2.05, 4.69) is 25.4 Å². The number of hydrogen-bond donors (Lipinski definition) is 2. The molecule has 0 spiro atoms. The van der Waals surface area contributed by atoms with Gasteiger partial charge in [-0.05, 0) is 68.2 Å². The summed E-state index contributed by atoms with van der Waals surface area (Å²) in [6, 6.07) is 5.40. The minimum absolute atomic E-state index is 0.0406. The highest BCUT2D eigenvalue weighted by Crippen LogP contribution is 2.35. The Morgan fingerprint density at radius 1 is 1.20 bits per heavy atom. The average Bonchev–Trinajstić information content (AvgIpc) is 3.28. The first kappa shape index (κ1) is 20.4. The molecule has 2 aliphatic rings. The molecule has 0 saturated heterocycles. The minimum atomic E-state index is -0.253. The number of aryl methyl sites for hydroxylation is 1. The second kappa shape index (κ2) is 9.30. The van der Waals surface area contributed by atoms with Crippen molar-refractivity contribution >= 4 is 11.6 Å². The molecule has 0 radical (unpaired) electrons. The van der Waals surface area contributed by atoms with Crippen molar-refractivity contribution in [1.29, 1.82) is 0 Å². The van der Waals surface area contributed by atoms with E-state index in [9.17, 15) is 9.90 Å². The topological polar surface area (TPSA) is 110 Å². The molecule has 8 nitrogen and oxygen atoms in total. The van der Waals surface area contributed by atoms with Crippen molar-refractivity contribution < 1.29 is 14.7 Å². The Labute approximate surface area is 175 Å². The molecule has 0 bridgehead atoms. The van der Waals surface area contributed by atoms with Crippen molar-refractivity contribution in [3.8, 4) is 0 Å². The summed E-state index contributed by atoms with van der Waals surface area (Å²) in [6.45, 7) is 2.45. The number of amides is 1. The number of carbonyl (C=O) groups excluding carboxylic acids is 1. The van der Waals surface area contributed by atoms with Gasteiger partial charge in [-0.2, -0.15) is 0 Å². The van der Waals surface area contributed by atoms with Crippen LogP contribution in [-0.2, 0) is 11.4 Å². The predicted octanol–water partition coefficient (Wildman–Crippen LogP) is 2.40. The number of aromatic nitrogens is 3. The summed E-state index contributed by atoms with van der Waals surface area (Å²) < 4.78 is 0. The van der Waals surface area contributed by atoms with Gasteiger partial charge in [0.2, 0.25) is 0 Å². The third kappa shape index (κ3) is 4.81. The number of hydrogen-bond acceptors (Lipinski definition) is 7. The molecule has 1 aliphatic heterocycles. The number of nitrogens with zero attached hydrogens (tertiary/aromatic N) is 4. The van der Waals surface area contributed by atoms with Gasteiger partial charge in [-0.1, -0.05) is 5.16 Å². The molecular formula is C22H27N5O3. The highest BCUT2D eigenvalue weighted by atomic mass is 16.6. The Balaban J connectivity index is 1.39. The van der Waals surface area contributed by atoms with Crippen LogP contribution in [0, 0.1) is 18.8 Å². The van der Waals surface area contributed by atoms with Gasteiger partial charge < -0.3 is 15.3 Å². The van der Waals surface area contributed by atoms with E-state index in [0.717, 1.165) is 37.0 Å². The number of nitrogens with one attached hydrogen (secondary N) is 1. The van der Waals surface area contributed by atoms with Crippen molar-refractivity contribution in [2.45, 2.75) is 51.7 Å². The lowest BCUT2D eigenvalue weighted by Gasteiger charge is -2.29. The zero-order chi connectivity index (χ0) is 20.9. The van der Waals surface area contributed by atoms with Gasteiger partial charge in [0.05, 0.1) is 5.69 Å². The molecule has 1 aliphatic carbocycles. The largest absolute Gasteiger partial charge is 0.396 e. The number of rotatable bonds is 6. The van der Waals surface area contributed by atoms with E-state index >= 15 is 0 Å². The standard InChI is InChI=1S/C22H27N5O3/c1-14-25-18(10-20(26-14)22(29)24-12-15-6-8-23-9-7-15)19-11-21(30-27-19)17-4-2-16(13-28)3-5-17/h6-10,16-17,21,28H,2-5,11-13H2,1H3,(H,24,29)/t16?,17?,21-/m1/s1. The minimum Gasteiger partial charge on any atom is -0.396 e. The molecule has 30 heavy (non-hydrogen) atoms. The van der Waals surface area contributed by atoms with Crippen LogP contribution >= 0.6 is 0 Å². The van der Waals surface area contributed by atoms with Gasteiger partial charge in [0.15, 0.2) is 0 Å². The van der Waals surface area contributed by atoms with Gasteiger partial charge in [0.1, 0.15) is 23.3 Å². The third-order valence-electron chi connectivity index (χ3n) is 5.94. The fourth-order valence-electron chi connectivity index (χ4n) is 4.15. The second-order valence-electron chi connectivity index (χ2n) is 8.07. The predicted molar refractivity (Wildman–Crippen MR) is 111 cm³/mol. The Kier molecular flexibility index (Phi) is 6.32. The fraction of sp³-hybridized carbons (Fsp3) is 0.500. The highest BCUT2D eigenvalue weighted by molar-refractivity contribution is 6.01. The molecule has 158 valence electrons. The van der Waals surface area contributed by atoms with Crippen molar-refractivity contribution in [1.82, 2.24) is 20.3 Å². The van der Waals surface area contributed by atoms with Crippen LogP contribution in [0.15, 0.2) is 35.7 Å². The Morgan fingerprint density at radius 2 is 1.97 bits per heavy atom. The van der Waals surface area contributed by atoms with Crippen molar-refractivity contribution in [3.63, 3.8) is 0 Å². The normalized spacial score (nSPS) is 23.5. The van der Waals surface area contributed by atoms with E-state index in [1.54, 1.807) is 25.4 Å². The number of aliphatic hydroxyl groups is 1. The third-order valence-corrected chi connectivity index (χ3v) is 5.94. The molecule has 3 heterocycles. The van der Waals surface area contributed by atoms with Crippen LogP contribution in [0.5, 0.6) is 0 Å². The molecule has 4 rings (SSSR count). The molecule has 0 aromatic carbocycles. The zero-order valence-corrected chi connectivity index (χ0v) is 17.1.